The summed E-state index contributed by atoms with van der Waals surface area (Å²) in [6.07, 6.45) is -1.02. The number of rotatable bonds is 6. The van der Waals surface area contributed by atoms with Gasteiger partial charge in [-0.2, -0.15) is 0 Å². The van der Waals surface area contributed by atoms with Crippen LogP contribution in [0.4, 0.5) is 10.8 Å². The van der Waals surface area contributed by atoms with Crippen LogP contribution in [0.25, 0.3) is 11.3 Å². The van der Waals surface area contributed by atoms with Gasteiger partial charge in [0.2, 0.25) is 5.91 Å². The van der Waals surface area contributed by atoms with Gasteiger partial charge in [0, 0.05) is 23.6 Å². The first-order valence-electron chi connectivity index (χ1n) is 8.83. The van der Waals surface area contributed by atoms with Gasteiger partial charge >= 0.3 is 5.97 Å². The third-order valence-electron chi connectivity index (χ3n) is 3.88. The van der Waals surface area contributed by atoms with Gasteiger partial charge in [-0.3, -0.25) is 14.9 Å². The first-order valence-corrected chi connectivity index (χ1v) is 9.71. The predicted octanol–water partition coefficient (Wildman–Crippen LogP) is 3.95. The summed E-state index contributed by atoms with van der Waals surface area (Å²) in [6, 6.07) is 15.9. The molecule has 0 fully saturated rings. The Hall–Kier alpha value is -3.52. The summed E-state index contributed by atoms with van der Waals surface area (Å²) in [4.78, 5) is 40.2. The Morgan fingerprint density at radius 2 is 1.79 bits per heavy atom. The lowest BCUT2D eigenvalue weighted by Crippen LogP contribution is -2.30. The van der Waals surface area contributed by atoms with Crippen molar-refractivity contribution in [2.24, 2.45) is 0 Å². The monoisotopic (exact) mass is 409 g/mol. The fourth-order valence-electron chi connectivity index (χ4n) is 2.49. The molecule has 0 aliphatic heterocycles. The number of carbonyl (C=O) groups is 3. The largest absolute Gasteiger partial charge is 0.449 e. The summed E-state index contributed by atoms with van der Waals surface area (Å²) in [5.74, 6) is -1.39. The summed E-state index contributed by atoms with van der Waals surface area (Å²) in [5.41, 5.74) is 2.41. The van der Waals surface area contributed by atoms with E-state index in [4.69, 9.17) is 4.74 Å². The second-order valence-corrected chi connectivity index (χ2v) is 7.06. The number of thiazole rings is 1. The van der Waals surface area contributed by atoms with Crippen LogP contribution in [-0.2, 0) is 14.3 Å². The molecule has 0 aliphatic carbocycles. The highest BCUT2D eigenvalue weighted by molar-refractivity contribution is 7.14. The van der Waals surface area contributed by atoms with E-state index < -0.39 is 18.0 Å². The zero-order chi connectivity index (χ0) is 20.8. The van der Waals surface area contributed by atoms with E-state index in [0.717, 1.165) is 11.3 Å². The summed E-state index contributed by atoms with van der Waals surface area (Å²) < 4.78 is 5.24. The quantitative estimate of drug-likeness (QED) is 0.601. The Bertz CT molecular complexity index is 1030. The second-order valence-electron chi connectivity index (χ2n) is 6.20. The Morgan fingerprint density at radius 3 is 2.52 bits per heavy atom. The van der Waals surface area contributed by atoms with Crippen LogP contribution in [0.3, 0.4) is 0 Å². The Balaban J connectivity index is 1.60. The van der Waals surface area contributed by atoms with Gasteiger partial charge in [-0.15, -0.1) is 11.3 Å². The molecule has 0 bridgehead atoms. The van der Waals surface area contributed by atoms with Crippen molar-refractivity contribution in [1.29, 1.82) is 0 Å². The van der Waals surface area contributed by atoms with Crippen LogP contribution in [0.15, 0.2) is 60.0 Å². The van der Waals surface area contributed by atoms with Gasteiger partial charge in [0.1, 0.15) is 0 Å². The molecule has 8 heteroatoms. The minimum absolute atomic E-state index is 0.233. The summed E-state index contributed by atoms with van der Waals surface area (Å²) in [5, 5.41) is 7.52. The molecule has 0 unspecified atom stereocenters. The van der Waals surface area contributed by atoms with Crippen LogP contribution < -0.4 is 10.6 Å². The molecule has 148 valence electrons. The lowest BCUT2D eigenvalue weighted by molar-refractivity contribution is -0.123. The minimum Gasteiger partial charge on any atom is -0.449 e. The Labute approximate surface area is 171 Å². The van der Waals surface area contributed by atoms with Gasteiger partial charge in [0.25, 0.3) is 5.91 Å². The number of ether oxygens (including phenoxy) is 1. The molecule has 3 aromatic rings. The highest BCUT2D eigenvalue weighted by Crippen LogP contribution is 2.24. The van der Waals surface area contributed by atoms with E-state index in [2.05, 4.69) is 15.6 Å². The van der Waals surface area contributed by atoms with Crippen LogP contribution in [0, 0.1) is 0 Å². The van der Waals surface area contributed by atoms with Gasteiger partial charge in [0.15, 0.2) is 11.2 Å². The maximum Gasteiger partial charge on any atom is 0.338 e. The zero-order valence-electron chi connectivity index (χ0n) is 15.8. The number of amides is 2. The van der Waals surface area contributed by atoms with Crippen LogP contribution in [0.5, 0.6) is 0 Å². The van der Waals surface area contributed by atoms with E-state index in [0.29, 0.717) is 10.8 Å². The minimum atomic E-state index is -1.02. The molecule has 0 aliphatic rings. The van der Waals surface area contributed by atoms with E-state index in [9.17, 15) is 14.4 Å². The molecule has 2 amide bonds. The van der Waals surface area contributed by atoms with Crippen molar-refractivity contribution in [3.63, 3.8) is 0 Å². The number of benzene rings is 2. The molecule has 1 heterocycles. The summed E-state index contributed by atoms with van der Waals surface area (Å²) in [6.45, 7) is 2.86. The molecular formula is C21H19N3O4S. The molecule has 1 atom stereocenters. The van der Waals surface area contributed by atoms with Crippen molar-refractivity contribution in [1.82, 2.24) is 4.98 Å². The normalized spacial score (nSPS) is 11.4. The molecule has 1 aromatic heterocycles. The van der Waals surface area contributed by atoms with Crippen molar-refractivity contribution in [2.75, 3.05) is 10.6 Å². The maximum atomic E-state index is 12.4. The first-order chi connectivity index (χ1) is 13.9. The number of esters is 1. The van der Waals surface area contributed by atoms with E-state index in [1.165, 1.54) is 31.3 Å². The number of hydrogen-bond donors (Lipinski definition) is 2. The lowest BCUT2D eigenvalue weighted by atomic mass is 10.2. The van der Waals surface area contributed by atoms with Gasteiger partial charge in [-0.25, -0.2) is 9.78 Å². The fraction of sp³-hybridized carbons (Fsp3) is 0.143. The van der Waals surface area contributed by atoms with Crippen LogP contribution >= 0.6 is 11.3 Å². The van der Waals surface area contributed by atoms with Crippen LogP contribution in [0.1, 0.15) is 24.2 Å². The van der Waals surface area contributed by atoms with Gasteiger partial charge in [-0.1, -0.05) is 36.4 Å². The molecule has 2 aromatic carbocycles. The van der Waals surface area contributed by atoms with Crippen molar-refractivity contribution in [2.45, 2.75) is 20.0 Å². The third-order valence-corrected chi connectivity index (χ3v) is 4.63. The van der Waals surface area contributed by atoms with Crippen molar-refractivity contribution < 1.29 is 19.1 Å². The number of nitrogens with zero attached hydrogens (tertiary/aromatic N) is 1. The molecule has 3 rings (SSSR count). The molecule has 7 nitrogen and oxygen atoms in total. The van der Waals surface area contributed by atoms with Gasteiger partial charge < -0.3 is 10.1 Å². The summed E-state index contributed by atoms with van der Waals surface area (Å²) >= 11 is 1.29. The van der Waals surface area contributed by atoms with Gasteiger partial charge in [0.05, 0.1) is 11.3 Å². The van der Waals surface area contributed by atoms with E-state index in [-0.39, 0.29) is 11.5 Å². The van der Waals surface area contributed by atoms with Crippen LogP contribution in [-0.4, -0.2) is 28.9 Å². The van der Waals surface area contributed by atoms with E-state index in [1.54, 1.807) is 18.2 Å². The summed E-state index contributed by atoms with van der Waals surface area (Å²) in [7, 11) is 0. The second kappa shape index (κ2) is 9.11. The molecule has 0 spiro atoms. The Morgan fingerprint density at radius 1 is 1.03 bits per heavy atom. The number of aromatic nitrogens is 1. The third kappa shape index (κ3) is 5.49. The maximum absolute atomic E-state index is 12.4. The van der Waals surface area contributed by atoms with Crippen LogP contribution in [0.2, 0.25) is 0 Å². The van der Waals surface area contributed by atoms with Crippen molar-refractivity contribution >= 4 is 39.9 Å². The predicted molar refractivity (Wildman–Crippen MR) is 112 cm³/mol. The average Bonchev–Trinajstić information content (AvgIpc) is 3.16. The van der Waals surface area contributed by atoms with Crippen molar-refractivity contribution in [3.05, 3.63) is 65.5 Å². The topological polar surface area (TPSA) is 97.4 Å². The average molecular weight is 409 g/mol. The molecular weight excluding hydrogens is 390 g/mol. The molecule has 0 saturated heterocycles. The number of hydrogen-bond acceptors (Lipinski definition) is 6. The SMILES string of the molecule is CC(=O)Nc1cccc(C(=O)O[C@H](C)C(=O)Nc2nc(-c3ccccc3)cs2)c1. The number of carbonyl (C=O) groups excluding carboxylic acids is 3. The molecule has 29 heavy (non-hydrogen) atoms. The molecule has 0 saturated carbocycles. The molecule has 2 N–H and O–H groups in total. The smallest absolute Gasteiger partial charge is 0.338 e. The van der Waals surface area contributed by atoms with Crippen molar-refractivity contribution in [3.8, 4) is 11.3 Å². The standard InChI is InChI=1S/C21H19N3O4S/c1-13(28-20(27)16-9-6-10-17(11-16)22-14(2)25)19(26)24-21-23-18(12-29-21)15-7-4-3-5-8-15/h3-13H,1-2H3,(H,22,25)(H,23,24,26)/t13-/m1/s1. The lowest BCUT2D eigenvalue weighted by Gasteiger charge is -2.13. The fourth-order valence-corrected chi connectivity index (χ4v) is 3.21. The zero-order valence-corrected chi connectivity index (χ0v) is 16.7. The number of anilines is 2. The van der Waals surface area contributed by atoms with E-state index >= 15 is 0 Å². The highest BCUT2D eigenvalue weighted by Gasteiger charge is 2.20. The number of nitrogens with one attached hydrogen (secondary N) is 2. The first kappa shape index (κ1) is 20.2. The van der Waals surface area contributed by atoms with E-state index in [1.807, 2.05) is 35.7 Å². The Kier molecular flexibility index (Phi) is 6.36. The molecule has 0 radical (unpaired) electrons. The van der Waals surface area contributed by atoms with Gasteiger partial charge in [-0.05, 0) is 25.1 Å². The highest BCUT2D eigenvalue weighted by atomic mass is 32.1.